The van der Waals surface area contributed by atoms with Gasteiger partial charge in [-0.2, -0.15) is 0 Å². The first kappa shape index (κ1) is 12.9. The minimum Gasteiger partial charge on any atom is -0.439 e. The molecule has 0 amide bonds. The van der Waals surface area contributed by atoms with E-state index in [1.54, 1.807) is 31.0 Å². The van der Waals surface area contributed by atoms with E-state index in [4.69, 9.17) is 5.41 Å². The number of hydrogen-bond acceptors (Lipinski definition) is 5. The van der Waals surface area contributed by atoms with E-state index in [1.807, 2.05) is 22.9 Å². The third-order valence-corrected chi connectivity index (χ3v) is 3.70. The first-order chi connectivity index (χ1) is 9.67. The second-order valence-electron chi connectivity index (χ2n) is 4.00. The number of hydrogen-bond donors (Lipinski definition) is 3. The van der Waals surface area contributed by atoms with E-state index in [1.165, 1.54) is 9.00 Å². The molecular weight excluding hydrogens is 372 g/mol. The third-order valence-electron chi connectivity index (χ3n) is 2.83. The van der Waals surface area contributed by atoms with Gasteiger partial charge in [0.05, 0.1) is 22.9 Å². The van der Waals surface area contributed by atoms with Gasteiger partial charge in [-0.3, -0.25) is 9.20 Å². The molecule has 3 N–H and O–H groups in total. The molecule has 0 bridgehead atoms. The van der Waals surface area contributed by atoms with Gasteiger partial charge in [-0.05, 0) is 6.20 Å². The number of nitrogens with zero attached hydrogens (tertiary/aromatic N) is 4. The van der Waals surface area contributed by atoms with Crippen LogP contribution in [0, 0.1) is 5.41 Å². The normalized spacial score (nSPS) is 12.2. The van der Waals surface area contributed by atoms with E-state index < -0.39 is 0 Å². The number of aromatic amines is 1. The maximum atomic E-state index is 12.3. The summed E-state index contributed by atoms with van der Waals surface area (Å²) in [6.45, 7) is 0. The van der Waals surface area contributed by atoms with Crippen molar-refractivity contribution in [3.05, 3.63) is 34.8 Å². The quantitative estimate of drug-likeness (QED) is 0.329. The molecule has 0 aliphatic carbocycles. The van der Waals surface area contributed by atoms with Gasteiger partial charge in [0.15, 0.2) is 11.2 Å². The van der Waals surface area contributed by atoms with Crippen molar-refractivity contribution < 1.29 is 0 Å². The highest BCUT2D eigenvalue weighted by Gasteiger charge is 2.15. The van der Waals surface area contributed by atoms with Crippen LogP contribution in [-0.4, -0.2) is 36.3 Å². The molecule has 3 aromatic rings. The lowest BCUT2D eigenvalue weighted by Gasteiger charge is -1.98. The Morgan fingerprint density at radius 3 is 3.10 bits per heavy atom. The van der Waals surface area contributed by atoms with E-state index >= 15 is 0 Å². The first-order valence-corrected chi connectivity index (χ1v) is 6.66. The van der Waals surface area contributed by atoms with Gasteiger partial charge < -0.3 is 15.6 Å². The SMILES string of the molecule is BN/C=C(\C=N)c1nc2c([nH]1)c(=O)n(I)c1nccn21. The Hall–Kier alpha value is -2.11. The molecule has 0 saturated carbocycles. The minimum atomic E-state index is -0.216. The first-order valence-electron chi connectivity index (χ1n) is 5.69. The molecule has 3 aromatic heterocycles. The maximum absolute atomic E-state index is 12.3. The number of imidazole rings is 2. The van der Waals surface area contributed by atoms with Crippen LogP contribution in [-0.2, 0) is 0 Å². The number of fused-ring (bicyclic) bond motifs is 3. The predicted molar refractivity (Wildman–Crippen MR) is 87.0 cm³/mol. The molecule has 0 aromatic carbocycles. The minimum absolute atomic E-state index is 0.216. The van der Waals surface area contributed by atoms with Crippen molar-refractivity contribution >= 4 is 59.6 Å². The Balaban J connectivity index is 2.41. The fourth-order valence-corrected chi connectivity index (χ4v) is 2.55. The van der Waals surface area contributed by atoms with E-state index in [-0.39, 0.29) is 5.56 Å². The smallest absolute Gasteiger partial charge is 0.289 e. The summed E-state index contributed by atoms with van der Waals surface area (Å²) < 4.78 is 3.15. The van der Waals surface area contributed by atoms with Crippen LogP contribution in [0.2, 0.25) is 0 Å². The summed E-state index contributed by atoms with van der Waals surface area (Å²) in [5.41, 5.74) is 1.21. The van der Waals surface area contributed by atoms with Crippen LogP contribution in [0.25, 0.3) is 22.5 Å². The molecule has 8 nitrogen and oxygen atoms in total. The van der Waals surface area contributed by atoms with Gasteiger partial charge in [-0.1, -0.05) is 0 Å². The summed E-state index contributed by atoms with van der Waals surface area (Å²) in [6, 6.07) is 0. The zero-order chi connectivity index (χ0) is 14.3. The standard InChI is InChI=1S/C10H9BIN7O/c11-15-4-5(3-13)7-16-6-8(17-7)18-2-1-14-10(18)19(12)9(6)20/h1-4,13,15H,11H2,(H,16,17)/b5-4+,13-3?. The monoisotopic (exact) mass is 381 g/mol. The second-order valence-corrected chi connectivity index (χ2v) is 4.96. The molecule has 0 aliphatic rings. The molecule has 100 valence electrons. The van der Waals surface area contributed by atoms with Gasteiger partial charge in [0.1, 0.15) is 5.82 Å². The van der Waals surface area contributed by atoms with Crippen LogP contribution in [0.4, 0.5) is 0 Å². The van der Waals surface area contributed by atoms with Crippen molar-refractivity contribution in [3.8, 4) is 0 Å². The number of halogens is 1. The number of H-pyrrole nitrogens is 1. The fraction of sp³-hybridized carbons (Fsp3) is 0. The fourth-order valence-electron chi connectivity index (χ4n) is 1.95. The van der Waals surface area contributed by atoms with Crippen molar-refractivity contribution in [3.63, 3.8) is 0 Å². The van der Waals surface area contributed by atoms with E-state index in [0.29, 0.717) is 28.3 Å². The molecule has 0 fully saturated rings. The Labute approximate surface area is 127 Å². The third kappa shape index (κ3) is 1.75. The van der Waals surface area contributed by atoms with Gasteiger partial charge in [-0.15, -0.1) is 0 Å². The average Bonchev–Trinajstić information content (AvgIpc) is 3.08. The number of aromatic nitrogens is 5. The van der Waals surface area contributed by atoms with Crippen LogP contribution in [0.3, 0.4) is 0 Å². The lowest BCUT2D eigenvalue weighted by molar-refractivity contribution is 1.10. The molecule has 0 atom stereocenters. The zero-order valence-corrected chi connectivity index (χ0v) is 12.5. The Bertz CT molecular complexity index is 905. The van der Waals surface area contributed by atoms with Crippen molar-refractivity contribution in [2.75, 3.05) is 0 Å². The summed E-state index contributed by atoms with van der Waals surface area (Å²) in [6.07, 6.45) is 6.15. The molecule has 0 spiro atoms. The number of nitrogens with one attached hydrogen (secondary N) is 3. The summed E-state index contributed by atoms with van der Waals surface area (Å²) in [7, 11) is 1.73. The molecule has 20 heavy (non-hydrogen) atoms. The van der Waals surface area contributed by atoms with Crippen LogP contribution in [0.1, 0.15) is 5.82 Å². The summed E-state index contributed by atoms with van der Waals surface area (Å²) >= 11 is 1.90. The van der Waals surface area contributed by atoms with Gasteiger partial charge in [-0.25, -0.2) is 12.7 Å². The van der Waals surface area contributed by atoms with Crippen LogP contribution < -0.4 is 10.8 Å². The highest BCUT2D eigenvalue weighted by Crippen LogP contribution is 2.15. The summed E-state index contributed by atoms with van der Waals surface area (Å²) in [5, 5.41) is 10.2. The number of allylic oxidation sites excluding steroid dienone is 1. The Kier molecular flexibility index (Phi) is 3.08. The van der Waals surface area contributed by atoms with Crippen LogP contribution in [0.15, 0.2) is 23.4 Å². The summed E-state index contributed by atoms with van der Waals surface area (Å²) in [4.78, 5) is 23.8. The molecular formula is C10H9BIN7O. The van der Waals surface area contributed by atoms with Crippen molar-refractivity contribution in [2.24, 2.45) is 0 Å². The molecule has 0 radical (unpaired) electrons. The summed E-state index contributed by atoms with van der Waals surface area (Å²) in [5.74, 6) is 0.967. The highest BCUT2D eigenvalue weighted by atomic mass is 127. The van der Waals surface area contributed by atoms with Gasteiger partial charge >= 0.3 is 0 Å². The van der Waals surface area contributed by atoms with Crippen molar-refractivity contribution in [1.82, 2.24) is 27.4 Å². The Morgan fingerprint density at radius 2 is 2.40 bits per heavy atom. The molecule has 0 aliphatic heterocycles. The van der Waals surface area contributed by atoms with Gasteiger partial charge in [0.25, 0.3) is 5.56 Å². The second kappa shape index (κ2) is 4.78. The van der Waals surface area contributed by atoms with Gasteiger partial charge in [0, 0.05) is 24.2 Å². The zero-order valence-electron chi connectivity index (χ0n) is 10.4. The van der Waals surface area contributed by atoms with E-state index in [9.17, 15) is 4.79 Å². The van der Waals surface area contributed by atoms with E-state index in [2.05, 4.69) is 20.2 Å². The average molecular weight is 381 g/mol. The predicted octanol–water partition coefficient (Wildman–Crippen LogP) is -0.301. The maximum Gasteiger partial charge on any atom is 0.289 e. The molecule has 0 saturated heterocycles. The Morgan fingerprint density at radius 1 is 1.60 bits per heavy atom. The lowest BCUT2D eigenvalue weighted by atomic mass is 10.3. The van der Waals surface area contributed by atoms with Crippen LogP contribution in [0.5, 0.6) is 0 Å². The molecule has 0 unspecified atom stereocenters. The highest BCUT2D eigenvalue weighted by molar-refractivity contribution is 14.1. The van der Waals surface area contributed by atoms with E-state index in [0.717, 1.165) is 0 Å². The lowest BCUT2D eigenvalue weighted by Crippen LogP contribution is -2.15. The van der Waals surface area contributed by atoms with Crippen molar-refractivity contribution in [1.29, 1.82) is 5.41 Å². The number of rotatable bonds is 3. The van der Waals surface area contributed by atoms with Crippen molar-refractivity contribution in [2.45, 2.75) is 0 Å². The molecule has 3 rings (SSSR count). The molecule has 3 heterocycles. The van der Waals surface area contributed by atoms with Gasteiger partial charge in [0.2, 0.25) is 13.8 Å². The van der Waals surface area contributed by atoms with Crippen LogP contribution >= 0.6 is 22.9 Å². The topological polar surface area (TPSA) is 104 Å². The molecule has 10 heteroatoms. The largest absolute Gasteiger partial charge is 0.439 e.